The molecule has 1 aromatic carbocycles. The van der Waals surface area contributed by atoms with Gasteiger partial charge in [0.2, 0.25) is 0 Å². The second kappa shape index (κ2) is 3.61. The number of hydrogen-bond donors (Lipinski definition) is 1. The molecule has 0 spiro atoms. The van der Waals surface area contributed by atoms with Gasteiger partial charge in [-0.3, -0.25) is 0 Å². The predicted octanol–water partition coefficient (Wildman–Crippen LogP) is 3.07. The molecular weight excluding hydrogens is 208 g/mol. The van der Waals surface area contributed by atoms with E-state index in [1.165, 1.54) is 22.9 Å². The number of benzene rings is 1. The van der Waals surface area contributed by atoms with E-state index < -0.39 is 0 Å². The van der Waals surface area contributed by atoms with Gasteiger partial charge >= 0.3 is 0 Å². The molecule has 1 saturated carbocycles. The molecule has 1 N–H and O–H groups in total. The number of para-hydroxylation sites is 1. The van der Waals surface area contributed by atoms with Crippen molar-refractivity contribution in [1.29, 1.82) is 0 Å². The molecule has 1 unspecified atom stereocenters. The molecule has 0 radical (unpaired) electrons. The Labute approximate surface area is 103 Å². The van der Waals surface area contributed by atoms with Crippen molar-refractivity contribution in [2.45, 2.75) is 32.9 Å². The molecule has 2 aromatic rings. The van der Waals surface area contributed by atoms with E-state index in [4.69, 9.17) is 0 Å². The lowest BCUT2D eigenvalue weighted by molar-refractivity contribution is 0.542. The number of aryl methyl sites for hydroxylation is 1. The van der Waals surface area contributed by atoms with Crippen molar-refractivity contribution < 1.29 is 0 Å². The zero-order valence-corrected chi connectivity index (χ0v) is 10.8. The summed E-state index contributed by atoms with van der Waals surface area (Å²) in [7, 11) is 2.12. The minimum absolute atomic E-state index is 0.505. The first-order chi connectivity index (χ1) is 8.08. The predicted molar refractivity (Wildman–Crippen MR) is 71.9 cm³/mol. The second-order valence-electron chi connectivity index (χ2n) is 5.91. The van der Waals surface area contributed by atoms with E-state index >= 15 is 0 Å². The Morgan fingerprint density at radius 1 is 1.35 bits per heavy atom. The Kier molecular flexibility index (Phi) is 2.30. The van der Waals surface area contributed by atoms with E-state index in [9.17, 15) is 0 Å². The van der Waals surface area contributed by atoms with E-state index in [2.05, 4.69) is 61.2 Å². The fraction of sp³-hybridized carbons (Fsp3) is 0.467. The summed E-state index contributed by atoms with van der Waals surface area (Å²) in [5.74, 6) is 0. The molecule has 90 valence electrons. The molecule has 1 heterocycles. The van der Waals surface area contributed by atoms with Crippen LogP contribution < -0.4 is 5.32 Å². The third-order valence-corrected chi connectivity index (χ3v) is 4.03. The van der Waals surface area contributed by atoms with Crippen LogP contribution in [0, 0.1) is 5.41 Å². The van der Waals surface area contributed by atoms with Crippen molar-refractivity contribution in [1.82, 2.24) is 9.88 Å². The molecule has 3 rings (SSSR count). The van der Waals surface area contributed by atoms with Crippen LogP contribution in [0.15, 0.2) is 30.5 Å². The van der Waals surface area contributed by atoms with Crippen molar-refractivity contribution in [3.05, 3.63) is 36.0 Å². The molecule has 17 heavy (non-hydrogen) atoms. The maximum Gasteiger partial charge on any atom is 0.0481 e. The van der Waals surface area contributed by atoms with E-state index in [0.717, 1.165) is 6.54 Å². The van der Waals surface area contributed by atoms with E-state index in [1.807, 2.05) is 0 Å². The zero-order chi connectivity index (χ0) is 12.0. The number of fused-ring (bicyclic) bond motifs is 1. The van der Waals surface area contributed by atoms with Crippen LogP contribution in [-0.2, 0) is 13.6 Å². The van der Waals surface area contributed by atoms with Crippen LogP contribution >= 0.6 is 0 Å². The number of nitrogens with one attached hydrogen (secondary N) is 1. The summed E-state index contributed by atoms with van der Waals surface area (Å²) in [5.41, 5.74) is 3.23. The van der Waals surface area contributed by atoms with Gasteiger partial charge in [-0.1, -0.05) is 32.0 Å². The van der Waals surface area contributed by atoms with Crippen LogP contribution in [0.4, 0.5) is 0 Å². The lowest BCUT2D eigenvalue weighted by Crippen LogP contribution is -2.19. The van der Waals surface area contributed by atoms with E-state index in [1.54, 1.807) is 0 Å². The maximum absolute atomic E-state index is 3.66. The maximum atomic E-state index is 3.66. The minimum atomic E-state index is 0.505. The lowest BCUT2D eigenvalue weighted by Gasteiger charge is -2.05. The Hall–Kier alpha value is -1.28. The summed E-state index contributed by atoms with van der Waals surface area (Å²) in [6, 6.07) is 9.31. The first-order valence-electron chi connectivity index (χ1n) is 6.34. The largest absolute Gasteiger partial charge is 0.350 e. The van der Waals surface area contributed by atoms with Crippen LogP contribution in [0.25, 0.3) is 10.9 Å². The van der Waals surface area contributed by atoms with Gasteiger partial charge < -0.3 is 9.88 Å². The molecule has 2 nitrogen and oxygen atoms in total. The second-order valence-corrected chi connectivity index (χ2v) is 5.91. The fourth-order valence-corrected chi connectivity index (χ4v) is 2.62. The summed E-state index contributed by atoms with van der Waals surface area (Å²) in [6.45, 7) is 5.64. The molecule has 0 aliphatic heterocycles. The fourth-order valence-electron chi connectivity index (χ4n) is 2.62. The number of nitrogens with zero attached hydrogens (tertiary/aromatic N) is 1. The number of rotatable bonds is 3. The number of aromatic nitrogens is 1. The highest BCUT2D eigenvalue weighted by molar-refractivity contribution is 5.83. The average Bonchev–Trinajstić information content (AvgIpc) is 2.78. The van der Waals surface area contributed by atoms with Crippen LogP contribution in [0.1, 0.15) is 25.8 Å². The summed E-state index contributed by atoms with van der Waals surface area (Å²) in [6.07, 6.45) is 3.55. The Morgan fingerprint density at radius 3 is 2.76 bits per heavy atom. The molecule has 1 aliphatic rings. The lowest BCUT2D eigenvalue weighted by atomic mass is 10.1. The summed E-state index contributed by atoms with van der Waals surface area (Å²) in [4.78, 5) is 0. The highest BCUT2D eigenvalue weighted by atomic mass is 15.0. The monoisotopic (exact) mass is 228 g/mol. The Bertz CT molecular complexity index is 551. The van der Waals surface area contributed by atoms with Crippen molar-refractivity contribution in [2.75, 3.05) is 0 Å². The van der Waals surface area contributed by atoms with Gasteiger partial charge in [-0.15, -0.1) is 0 Å². The average molecular weight is 228 g/mol. The van der Waals surface area contributed by atoms with Crippen molar-refractivity contribution in [3.8, 4) is 0 Å². The van der Waals surface area contributed by atoms with Gasteiger partial charge in [0.1, 0.15) is 0 Å². The van der Waals surface area contributed by atoms with Gasteiger partial charge in [0.05, 0.1) is 0 Å². The summed E-state index contributed by atoms with van der Waals surface area (Å²) in [5, 5.41) is 5.03. The molecule has 2 heteroatoms. The first-order valence-corrected chi connectivity index (χ1v) is 6.34. The van der Waals surface area contributed by atoms with Crippen LogP contribution in [0.3, 0.4) is 0 Å². The van der Waals surface area contributed by atoms with Crippen molar-refractivity contribution in [2.24, 2.45) is 12.5 Å². The minimum Gasteiger partial charge on any atom is -0.350 e. The Balaban J connectivity index is 1.81. The summed E-state index contributed by atoms with van der Waals surface area (Å²) >= 11 is 0. The normalized spacial score (nSPS) is 21.9. The third kappa shape index (κ3) is 1.87. The number of hydrogen-bond acceptors (Lipinski definition) is 1. The van der Waals surface area contributed by atoms with E-state index in [-0.39, 0.29) is 0 Å². The smallest absolute Gasteiger partial charge is 0.0481 e. The highest BCUT2D eigenvalue weighted by Gasteiger charge is 2.45. The van der Waals surface area contributed by atoms with Gasteiger partial charge in [-0.2, -0.15) is 0 Å². The van der Waals surface area contributed by atoms with Gasteiger partial charge in [0, 0.05) is 36.7 Å². The molecule has 0 saturated heterocycles. The van der Waals surface area contributed by atoms with Crippen molar-refractivity contribution >= 4 is 10.9 Å². The van der Waals surface area contributed by atoms with Crippen LogP contribution in [-0.4, -0.2) is 10.6 Å². The third-order valence-electron chi connectivity index (χ3n) is 4.03. The highest BCUT2D eigenvalue weighted by Crippen LogP contribution is 2.44. The Morgan fingerprint density at radius 2 is 2.06 bits per heavy atom. The van der Waals surface area contributed by atoms with E-state index in [0.29, 0.717) is 11.5 Å². The molecule has 1 aliphatic carbocycles. The molecule has 0 amide bonds. The quantitative estimate of drug-likeness (QED) is 0.854. The molecule has 1 aromatic heterocycles. The molecular formula is C15H20N2. The molecule has 0 bridgehead atoms. The van der Waals surface area contributed by atoms with Gasteiger partial charge in [-0.25, -0.2) is 0 Å². The van der Waals surface area contributed by atoms with Crippen LogP contribution in [0.2, 0.25) is 0 Å². The van der Waals surface area contributed by atoms with Gasteiger partial charge in [0.15, 0.2) is 0 Å². The van der Waals surface area contributed by atoms with Gasteiger partial charge in [0.25, 0.3) is 0 Å². The van der Waals surface area contributed by atoms with Crippen LogP contribution in [0.5, 0.6) is 0 Å². The summed E-state index contributed by atoms with van der Waals surface area (Å²) < 4.78 is 2.21. The SMILES string of the molecule is Cn1cc(CNC2CC2(C)C)c2ccccc21. The first kappa shape index (κ1) is 10.8. The standard InChI is InChI=1S/C15H20N2/c1-15(2)8-14(15)16-9-11-10-17(3)13-7-5-4-6-12(11)13/h4-7,10,14,16H,8-9H2,1-3H3. The topological polar surface area (TPSA) is 17.0 Å². The van der Waals surface area contributed by atoms with Gasteiger partial charge in [-0.05, 0) is 23.5 Å². The zero-order valence-electron chi connectivity index (χ0n) is 10.8. The molecule has 1 atom stereocenters. The molecule has 1 fully saturated rings. The van der Waals surface area contributed by atoms with Crippen molar-refractivity contribution in [3.63, 3.8) is 0 Å².